The maximum atomic E-state index is 12.6. The third-order valence-electron chi connectivity index (χ3n) is 4.27. The van der Waals surface area contributed by atoms with E-state index in [1.54, 1.807) is 16.7 Å². The van der Waals surface area contributed by atoms with Gasteiger partial charge in [0.2, 0.25) is 6.33 Å². The van der Waals surface area contributed by atoms with Crippen molar-refractivity contribution in [2.45, 2.75) is 12.7 Å². The number of methoxy groups -OCH3 is 1. The molecule has 0 aliphatic rings. The van der Waals surface area contributed by atoms with E-state index < -0.39 is 31.0 Å². The number of alkyl halides is 3. The first kappa shape index (κ1) is 21.3. The van der Waals surface area contributed by atoms with Gasteiger partial charge >= 0.3 is 25.2 Å². The van der Waals surface area contributed by atoms with Gasteiger partial charge < -0.3 is 19.5 Å². The summed E-state index contributed by atoms with van der Waals surface area (Å²) in [7, 11) is -0.735. The number of hydrogen-bond donors (Lipinski definition) is 3. The second-order valence-electron chi connectivity index (χ2n) is 6.25. The van der Waals surface area contributed by atoms with E-state index in [2.05, 4.69) is 14.5 Å². The van der Waals surface area contributed by atoms with Crippen LogP contribution in [0.25, 0.3) is 11.0 Å². The Bertz CT molecular complexity index is 1110. The van der Waals surface area contributed by atoms with Gasteiger partial charge in [-0.15, -0.1) is 0 Å². The summed E-state index contributed by atoms with van der Waals surface area (Å²) in [6.45, 7) is -0.0487. The van der Waals surface area contributed by atoms with Crippen molar-refractivity contribution < 1.29 is 46.8 Å². The van der Waals surface area contributed by atoms with Crippen molar-refractivity contribution in [2.75, 3.05) is 7.11 Å². The number of benzene rings is 2. The molecule has 0 unspecified atom stereocenters. The summed E-state index contributed by atoms with van der Waals surface area (Å²) in [6, 6.07) is 8.24. The van der Waals surface area contributed by atoms with Crippen LogP contribution in [0.2, 0.25) is 0 Å². The number of carbonyl (C=O) groups excluding carboxylic acids is 2. The Morgan fingerprint density at radius 3 is 2.53 bits per heavy atom. The molecule has 0 atom stereocenters. The molecule has 3 N–H and O–H groups in total. The summed E-state index contributed by atoms with van der Waals surface area (Å²) in [5, 5.41) is 18.6. The molecule has 1 heterocycles. The average molecular weight is 423 g/mol. The molecular weight excluding hydrogens is 408 g/mol. The van der Waals surface area contributed by atoms with Gasteiger partial charge in [-0.25, -0.2) is 19.1 Å². The third-order valence-corrected chi connectivity index (χ3v) is 4.27. The van der Waals surface area contributed by atoms with Crippen molar-refractivity contribution in [3.05, 3.63) is 53.9 Å². The van der Waals surface area contributed by atoms with Crippen LogP contribution in [-0.4, -0.2) is 47.4 Å². The minimum Gasteiger partial charge on any atom is -0.465 e. The molecule has 0 amide bonds. The summed E-state index contributed by atoms with van der Waals surface area (Å²) in [6.07, 6.45) is -3.70. The van der Waals surface area contributed by atoms with Crippen molar-refractivity contribution in [1.29, 1.82) is 0 Å². The van der Waals surface area contributed by atoms with E-state index in [1.165, 1.54) is 31.6 Å². The van der Waals surface area contributed by atoms with Crippen molar-refractivity contribution in [2.24, 2.45) is 0 Å². The largest absolute Gasteiger partial charge is 0.491 e. The second-order valence-corrected chi connectivity index (χ2v) is 6.25. The van der Waals surface area contributed by atoms with Crippen LogP contribution < -0.4 is 14.8 Å². The van der Waals surface area contributed by atoms with Crippen LogP contribution in [0.3, 0.4) is 0 Å². The SMILES string of the molecule is COC(=O)c1ccc2[nH]c[n+](Cc3ccc(B(O)O)cc3OC(=O)C(F)(F)F)c2c1. The number of carbonyl (C=O) groups is 2. The molecular formula is C18H15BF3N2O6+. The predicted molar refractivity (Wildman–Crippen MR) is 96.9 cm³/mol. The third kappa shape index (κ3) is 4.44. The van der Waals surface area contributed by atoms with Crippen LogP contribution in [0, 0.1) is 0 Å². The molecule has 30 heavy (non-hydrogen) atoms. The van der Waals surface area contributed by atoms with Gasteiger partial charge in [-0.05, 0) is 23.7 Å². The van der Waals surface area contributed by atoms with E-state index in [0.717, 1.165) is 6.07 Å². The monoisotopic (exact) mass is 423 g/mol. The molecule has 0 radical (unpaired) electrons. The number of esters is 2. The van der Waals surface area contributed by atoms with Crippen LogP contribution in [0.4, 0.5) is 13.2 Å². The lowest BCUT2D eigenvalue weighted by Crippen LogP contribution is -2.35. The molecule has 1 aromatic heterocycles. The number of H-pyrrole nitrogens is 1. The molecule has 0 saturated carbocycles. The highest BCUT2D eigenvalue weighted by atomic mass is 19.4. The Kier molecular flexibility index (Phi) is 5.81. The molecule has 0 fully saturated rings. The molecule has 0 aliphatic heterocycles. The summed E-state index contributed by atoms with van der Waals surface area (Å²) in [5.41, 5.74) is 1.45. The molecule has 0 saturated heterocycles. The molecule has 0 spiro atoms. The van der Waals surface area contributed by atoms with E-state index >= 15 is 0 Å². The highest BCUT2D eigenvalue weighted by molar-refractivity contribution is 6.58. The number of aromatic amines is 1. The fourth-order valence-corrected chi connectivity index (χ4v) is 2.78. The van der Waals surface area contributed by atoms with Gasteiger partial charge in [0.15, 0.2) is 11.0 Å². The molecule has 0 bridgehead atoms. The number of imidazole rings is 1. The number of halogens is 3. The van der Waals surface area contributed by atoms with Gasteiger partial charge in [0, 0.05) is 11.6 Å². The average Bonchev–Trinajstić information content (AvgIpc) is 3.09. The quantitative estimate of drug-likeness (QED) is 0.238. The van der Waals surface area contributed by atoms with Crippen LogP contribution >= 0.6 is 0 Å². The number of hydrogen-bond acceptors (Lipinski definition) is 6. The van der Waals surface area contributed by atoms with Gasteiger partial charge in [-0.3, -0.25) is 0 Å². The van der Waals surface area contributed by atoms with E-state index in [0.29, 0.717) is 11.0 Å². The number of rotatable bonds is 5. The highest BCUT2D eigenvalue weighted by Gasteiger charge is 2.41. The van der Waals surface area contributed by atoms with Crippen LogP contribution in [0.15, 0.2) is 42.7 Å². The molecule has 0 aliphatic carbocycles. The molecule has 156 valence electrons. The number of nitrogens with one attached hydrogen (secondary N) is 1. The van der Waals surface area contributed by atoms with Gasteiger partial charge in [0.1, 0.15) is 12.3 Å². The Balaban J connectivity index is 2.01. The van der Waals surface area contributed by atoms with Crippen LogP contribution in [0.1, 0.15) is 15.9 Å². The summed E-state index contributed by atoms with van der Waals surface area (Å²) in [4.78, 5) is 26.0. The lowest BCUT2D eigenvalue weighted by molar-refractivity contribution is -0.662. The Hall–Kier alpha value is -3.38. The molecule has 8 nitrogen and oxygen atoms in total. The Labute approximate surface area is 167 Å². The van der Waals surface area contributed by atoms with Crippen LogP contribution in [-0.2, 0) is 16.1 Å². The standard InChI is InChI=1S/C18H14BF3N2O6/c1-29-16(25)10-3-5-13-14(6-10)24(9-23-13)8-11-2-4-12(19(27)28)7-15(11)30-17(26)18(20,21)22/h2-7,9,27-28H,8H2,1H3/p+1. The molecule has 2 aromatic carbocycles. The first-order valence-corrected chi connectivity index (χ1v) is 8.47. The highest BCUT2D eigenvalue weighted by Crippen LogP contribution is 2.23. The fraction of sp³-hybridized carbons (Fsp3) is 0.167. The first-order chi connectivity index (χ1) is 14.1. The lowest BCUT2D eigenvalue weighted by Gasteiger charge is -2.12. The van der Waals surface area contributed by atoms with Crippen molar-refractivity contribution in [3.8, 4) is 5.75 Å². The predicted octanol–water partition coefficient (Wildman–Crippen LogP) is 0.438. The smallest absolute Gasteiger partial charge is 0.465 e. The van der Waals surface area contributed by atoms with Gasteiger partial charge in [0.25, 0.3) is 0 Å². The lowest BCUT2D eigenvalue weighted by atomic mass is 9.80. The van der Waals surface area contributed by atoms with Crippen molar-refractivity contribution in [3.63, 3.8) is 0 Å². The Morgan fingerprint density at radius 2 is 1.90 bits per heavy atom. The Morgan fingerprint density at radius 1 is 1.17 bits per heavy atom. The van der Waals surface area contributed by atoms with E-state index in [4.69, 9.17) is 0 Å². The van der Waals surface area contributed by atoms with Gasteiger partial charge in [0.05, 0.1) is 12.7 Å². The topological polar surface area (TPSA) is 113 Å². The maximum absolute atomic E-state index is 12.6. The molecule has 3 rings (SSSR count). The van der Waals surface area contributed by atoms with E-state index in [1.807, 2.05) is 0 Å². The molecule has 12 heteroatoms. The zero-order chi connectivity index (χ0) is 22.1. The number of aromatic nitrogens is 2. The molecule has 3 aromatic rings. The first-order valence-electron chi connectivity index (χ1n) is 8.47. The second kappa shape index (κ2) is 8.16. The summed E-state index contributed by atoms with van der Waals surface area (Å²) < 4.78 is 48.6. The van der Waals surface area contributed by atoms with E-state index in [-0.39, 0.29) is 23.1 Å². The number of fused-ring (bicyclic) bond motifs is 1. The van der Waals surface area contributed by atoms with Gasteiger partial charge in [-0.2, -0.15) is 13.2 Å². The maximum Gasteiger partial charge on any atom is 0.491 e. The number of nitrogens with zero attached hydrogens (tertiary/aromatic N) is 1. The van der Waals surface area contributed by atoms with Crippen molar-refractivity contribution in [1.82, 2.24) is 4.98 Å². The zero-order valence-corrected chi connectivity index (χ0v) is 15.4. The minimum atomic E-state index is -5.23. The zero-order valence-electron chi connectivity index (χ0n) is 15.4. The van der Waals surface area contributed by atoms with Crippen LogP contribution in [0.5, 0.6) is 5.75 Å². The van der Waals surface area contributed by atoms with E-state index in [9.17, 15) is 32.8 Å². The minimum absolute atomic E-state index is 0.0487. The fourth-order valence-electron chi connectivity index (χ4n) is 2.78. The number of ether oxygens (including phenoxy) is 2. The normalized spacial score (nSPS) is 11.4. The van der Waals surface area contributed by atoms with Crippen molar-refractivity contribution >= 4 is 35.6 Å². The summed E-state index contributed by atoms with van der Waals surface area (Å²) in [5.74, 6) is -3.48. The summed E-state index contributed by atoms with van der Waals surface area (Å²) >= 11 is 0. The van der Waals surface area contributed by atoms with Gasteiger partial charge in [-0.1, -0.05) is 12.1 Å².